The summed E-state index contributed by atoms with van der Waals surface area (Å²) in [6.45, 7) is 7.15. The lowest BCUT2D eigenvalue weighted by Gasteiger charge is -2.26. The van der Waals surface area contributed by atoms with E-state index in [1.165, 1.54) is 16.7 Å². The summed E-state index contributed by atoms with van der Waals surface area (Å²) in [6, 6.07) is 6.70. The molecule has 1 aliphatic heterocycles. The average molecular weight is 246 g/mol. The van der Waals surface area contributed by atoms with Crippen molar-refractivity contribution in [2.45, 2.75) is 45.7 Å². The maximum atomic E-state index is 11.7. The SMILES string of the molecule is Cc1cc(C)cc(C(C)NC2CCCNC2=O)c1. The van der Waals surface area contributed by atoms with Crippen LogP contribution >= 0.6 is 0 Å². The van der Waals surface area contributed by atoms with E-state index in [1.54, 1.807) is 0 Å². The highest BCUT2D eigenvalue weighted by Crippen LogP contribution is 2.18. The fourth-order valence-corrected chi connectivity index (χ4v) is 2.59. The normalized spacial score (nSPS) is 21.5. The van der Waals surface area contributed by atoms with Crippen molar-refractivity contribution in [1.29, 1.82) is 0 Å². The number of rotatable bonds is 3. The molecule has 2 N–H and O–H groups in total. The lowest BCUT2D eigenvalue weighted by molar-refractivity contribution is -0.124. The summed E-state index contributed by atoms with van der Waals surface area (Å²) in [5.41, 5.74) is 3.80. The van der Waals surface area contributed by atoms with Gasteiger partial charge >= 0.3 is 0 Å². The first-order valence-corrected chi connectivity index (χ1v) is 6.68. The minimum Gasteiger partial charge on any atom is -0.355 e. The van der Waals surface area contributed by atoms with Crippen LogP contribution in [0.2, 0.25) is 0 Å². The molecule has 98 valence electrons. The summed E-state index contributed by atoms with van der Waals surface area (Å²) in [5, 5.41) is 6.34. The molecule has 2 unspecified atom stereocenters. The molecule has 0 radical (unpaired) electrons. The molecule has 0 aromatic heterocycles. The Morgan fingerprint density at radius 1 is 1.28 bits per heavy atom. The zero-order chi connectivity index (χ0) is 13.1. The van der Waals surface area contributed by atoms with Crippen LogP contribution in [-0.2, 0) is 4.79 Å². The molecule has 1 heterocycles. The van der Waals surface area contributed by atoms with Gasteiger partial charge in [-0.05, 0) is 39.2 Å². The van der Waals surface area contributed by atoms with Crippen LogP contribution in [0, 0.1) is 13.8 Å². The first-order chi connectivity index (χ1) is 8.56. The number of piperidine rings is 1. The van der Waals surface area contributed by atoms with Crippen molar-refractivity contribution in [2.24, 2.45) is 0 Å². The van der Waals surface area contributed by atoms with Gasteiger partial charge in [0.15, 0.2) is 0 Å². The second-order valence-electron chi connectivity index (χ2n) is 5.30. The number of hydrogen-bond acceptors (Lipinski definition) is 2. The van der Waals surface area contributed by atoms with E-state index < -0.39 is 0 Å². The predicted molar refractivity (Wildman–Crippen MR) is 73.5 cm³/mol. The van der Waals surface area contributed by atoms with Gasteiger partial charge in [-0.3, -0.25) is 10.1 Å². The molecule has 0 bridgehead atoms. The molecular formula is C15H22N2O. The van der Waals surface area contributed by atoms with Gasteiger partial charge in [0.1, 0.15) is 0 Å². The molecule has 0 aliphatic carbocycles. The number of aryl methyl sites for hydroxylation is 2. The third-order valence-corrected chi connectivity index (χ3v) is 3.48. The number of nitrogens with one attached hydrogen (secondary N) is 2. The third kappa shape index (κ3) is 3.10. The monoisotopic (exact) mass is 246 g/mol. The third-order valence-electron chi connectivity index (χ3n) is 3.48. The van der Waals surface area contributed by atoms with Crippen molar-refractivity contribution in [3.63, 3.8) is 0 Å². The topological polar surface area (TPSA) is 41.1 Å². The molecular weight excluding hydrogens is 224 g/mol. The first kappa shape index (κ1) is 13.1. The Kier molecular flexibility index (Phi) is 4.02. The number of carbonyl (C=O) groups excluding carboxylic acids is 1. The Hall–Kier alpha value is -1.35. The minimum absolute atomic E-state index is 0.0467. The van der Waals surface area contributed by atoms with Gasteiger partial charge in [0.05, 0.1) is 6.04 Å². The molecule has 3 heteroatoms. The molecule has 1 aromatic rings. The van der Waals surface area contributed by atoms with Crippen LogP contribution in [0.5, 0.6) is 0 Å². The lowest BCUT2D eigenvalue weighted by Crippen LogP contribution is -2.48. The highest BCUT2D eigenvalue weighted by atomic mass is 16.2. The van der Waals surface area contributed by atoms with Crippen molar-refractivity contribution in [1.82, 2.24) is 10.6 Å². The smallest absolute Gasteiger partial charge is 0.237 e. The van der Waals surface area contributed by atoms with Gasteiger partial charge in [-0.15, -0.1) is 0 Å². The van der Waals surface area contributed by atoms with E-state index in [0.29, 0.717) is 0 Å². The second-order valence-corrected chi connectivity index (χ2v) is 5.30. The molecule has 2 rings (SSSR count). The van der Waals surface area contributed by atoms with Crippen molar-refractivity contribution >= 4 is 5.91 Å². The van der Waals surface area contributed by atoms with E-state index in [-0.39, 0.29) is 18.0 Å². The van der Waals surface area contributed by atoms with E-state index in [4.69, 9.17) is 0 Å². The Balaban J connectivity index is 2.06. The van der Waals surface area contributed by atoms with Crippen LogP contribution in [0.3, 0.4) is 0 Å². The van der Waals surface area contributed by atoms with Gasteiger partial charge in [0.2, 0.25) is 5.91 Å². The van der Waals surface area contributed by atoms with Crippen molar-refractivity contribution in [3.05, 3.63) is 34.9 Å². The predicted octanol–water partition coefficient (Wildman–Crippen LogP) is 2.23. The van der Waals surface area contributed by atoms with E-state index in [0.717, 1.165) is 19.4 Å². The highest BCUT2D eigenvalue weighted by Gasteiger charge is 2.23. The molecule has 1 amide bonds. The molecule has 1 saturated heterocycles. The zero-order valence-electron chi connectivity index (χ0n) is 11.4. The standard InChI is InChI=1S/C15H22N2O/c1-10-7-11(2)9-13(8-10)12(3)17-14-5-4-6-16-15(14)18/h7-9,12,14,17H,4-6H2,1-3H3,(H,16,18). The highest BCUT2D eigenvalue weighted by molar-refractivity contribution is 5.82. The van der Waals surface area contributed by atoms with Crippen LogP contribution in [0.1, 0.15) is 42.5 Å². The quantitative estimate of drug-likeness (QED) is 0.858. The second kappa shape index (κ2) is 5.53. The van der Waals surface area contributed by atoms with Gasteiger partial charge in [0, 0.05) is 12.6 Å². The van der Waals surface area contributed by atoms with Crippen molar-refractivity contribution in [3.8, 4) is 0 Å². The van der Waals surface area contributed by atoms with Crippen LogP contribution in [0.15, 0.2) is 18.2 Å². The summed E-state index contributed by atoms with van der Waals surface area (Å²) in [7, 11) is 0. The Morgan fingerprint density at radius 3 is 2.56 bits per heavy atom. The average Bonchev–Trinajstić information content (AvgIpc) is 2.31. The van der Waals surface area contributed by atoms with Crippen LogP contribution in [-0.4, -0.2) is 18.5 Å². The van der Waals surface area contributed by atoms with Gasteiger partial charge in [-0.1, -0.05) is 29.3 Å². The number of benzene rings is 1. The Labute approximate surface area is 109 Å². The largest absolute Gasteiger partial charge is 0.355 e. The molecule has 3 nitrogen and oxygen atoms in total. The van der Waals surface area contributed by atoms with Crippen LogP contribution < -0.4 is 10.6 Å². The molecule has 18 heavy (non-hydrogen) atoms. The Morgan fingerprint density at radius 2 is 1.94 bits per heavy atom. The summed E-state index contributed by atoms with van der Waals surface area (Å²) < 4.78 is 0. The van der Waals surface area contributed by atoms with E-state index >= 15 is 0 Å². The van der Waals surface area contributed by atoms with Crippen LogP contribution in [0.4, 0.5) is 0 Å². The zero-order valence-corrected chi connectivity index (χ0v) is 11.4. The van der Waals surface area contributed by atoms with E-state index in [9.17, 15) is 4.79 Å². The van der Waals surface area contributed by atoms with Gasteiger partial charge < -0.3 is 5.32 Å². The van der Waals surface area contributed by atoms with Crippen molar-refractivity contribution < 1.29 is 4.79 Å². The molecule has 1 aromatic carbocycles. The summed E-state index contributed by atoms with van der Waals surface area (Å²) >= 11 is 0. The summed E-state index contributed by atoms with van der Waals surface area (Å²) in [6.07, 6.45) is 1.99. The fourth-order valence-electron chi connectivity index (χ4n) is 2.59. The molecule has 0 saturated carbocycles. The number of amides is 1. The number of carbonyl (C=O) groups is 1. The van der Waals surface area contributed by atoms with Gasteiger partial charge in [-0.25, -0.2) is 0 Å². The molecule has 1 fully saturated rings. The van der Waals surface area contributed by atoms with Crippen LogP contribution in [0.25, 0.3) is 0 Å². The summed E-state index contributed by atoms with van der Waals surface area (Å²) in [5.74, 6) is 0.137. The fraction of sp³-hybridized carbons (Fsp3) is 0.533. The molecule has 1 aliphatic rings. The maximum Gasteiger partial charge on any atom is 0.237 e. The molecule has 2 atom stereocenters. The summed E-state index contributed by atoms with van der Waals surface area (Å²) in [4.78, 5) is 11.7. The van der Waals surface area contributed by atoms with Gasteiger partial charge in [-0.2, -0.15) is 0 Å². The van der Waals surface area contributed by atoms with E-state index in [2.05, 4.69) is 49.6 Å². The van der Waals surface area contributed by atoms with Crippen molar-refractivity contribution in [2.75, 3.05) is 6.54 Å². The lowest BCUT2D eigenvalue weighted by atomic mass is 10.00. The molecule has 0 spiro atoms. The van der Waals surface area contributed by atoms with Gasteiger partial charge in [0.25, 0.3) is 0 Å². The maximum absolute atomic E-state index is 11.7. The van der Waals surface area contributed by atoms with E-state index in [1.807, 2.05) is 0 Å². The first-order valence-electron chi connectivity index (χ1n) is 6.68. The number of hydrogen-bond donors (Lipinski definition) is 2. The minimum atomic E-state index is -0.0467. The Bertz CT molecular complexity index is 422.